The lowest BCUT2D eigenvalue weighted by Crippen LogP contribution is -2.45. The van der Waals surface area contributed by atoms with Crippen LogP contribution in [0.5, 0.6) is 0 Å². The highest BCUT2D eigenvalue weighted by Crippen LogP contribution is 2.20. The minimum atomic E-state index is -0.0562. The van der Waals surface area contributed by atoms with Crippen LogP contribution in [-0.2, 0) is 11.3 Å². The number of guanidine groups is 1. The van der Waals surface area contributed by atoms with Crippen molar-refractivity contribution in [3.63, 3.8) is 0 Å². The van der Waals surface area contributed by atoms with Crippen molar-refractivity contribution in [2.24, 2.45) is 10.4 Å². The summed E-state index contributed by atoms with van der Waals surface area (Å²) in [5.74, 6) is 0.645. The summed E-state index contributed by atoms with van der Waals surface area (Å²) in [6.07, 6.45) is 0.0697. The lowest BCUT2D eigenvalue weighted by atomic mass is 9.89. The molecule has 0 radical (unpaired) electrons. The highest BCUT2D eigenvalue weighted by Gasteiger charge is 2.24. The standard InChI is InChI=1S/C21H37N5O2/c1-21(2,3)18(28-7)15-25-20(22-4)24-14-16-9-8-10-17(13-16)19(27)23-11-12-26(5)6/h8-10,13,18H,11-12,14-15H2,1-7H3,(H,23,27)(H2,22,24,25). The minimum absolute atomic E-state index is 0.0366. The van der Waals surface area contributed by atoms with Gasteiger partial charge in [0.1, 0.15) is 0 Å². The van der Waals surface area contributed by atoms with E-state index in [0.29, 0.717) is 31.2 Å². The zero-order chi connectivity index (χ0) is 21.2. The van der Waals surface area contributed by atoms with Crippen LogP contribution in [0.2, 0.25) is 0 Å². The van der Waals surface area contributed by atoms with Gasteiger partial charge in [-0.25, -0.2) is 0 Å². The number of benzene rings is 1. The monoisotopic (exact) mass is 391 g/mol. The molecule has 7 heteroatoms. The maximum absolute atomic E-state index is 12.3. The number of nitrogens with zero attached hydrogens (tertiary/aromatic N) is 2. The molecule has 0 bridgehead atoms. The molecule has 7 nitrogen and oxygen atoms in total. The van der Waals surface area contributed by atoms with Gasteiger partial charge in [-0.3, -0.25) is 9.79 Å². The van der Waals surface area contributed by atoms with E-state index in [1.54, 1.807) is 14.2 Å². The largest absolute Gasteiger partial charge is 0.379 e. The number of carbonyl (C=O) groups excluding carboxylic acids is 1. The van der Waals surface area contributed by atoms with Gasteiger partial charge in [-0.2, -0.15) is 0 Å². The van der Waals surface area contributed by atoms with E-state index >= 15 is 0 Å². The number of likely N-dealkylation sites (N-methyl/N-ethyl adjacent to an activating group) is 1. The fourth-order valence-electron chi connectivity index (χ4n) is 2.66. The van der Waals surface area contributed by atoms with Crippen LogP contribution in [0.25, 0.3) is 0 Å². The van der Waals surface area contributed by atoms with Gasteiger partial charge < -0.3 is 25.6 Å². The third-order valence-electron chi connectivity index (χ3n) is 4.42. The smallest absolute Gasteiger partial charge is 0.251 e. The van der Waals surface area contributed by atoms with Crippen LogP contribution in [0, 0.1) is 5.41 Å². The molecule has 1 unspecified atom stereocenters. The second-order valence-electron chi connectivity index (χ2n) is 8.16. The van der Waals surface area contributed by atoms with Gasteiger partial charge in [-0.1, -0.05) is 32.9 Å². The Morgan fingerprint density at radius 1 is 1.21 bits per heavy atom. The Bertz CT molecular complexity index is 638. The molecule has 1 aromatic carbocycles. The number of hydrogen-bond donors (Lipinski definition) is 3. The molecule has 0 heterocycles. The SMILES string of the molecule is CN=C(NCc1cccc(C(=O)NCCN(C)C)c1)NCC(OC)C(C)(C)C. The van der Waals surface area contributed by atoms with Gasteiger partial charge in [0.2, 0.25) is 0 Å². The zero-order valence-electron chi connectivity index (χ0n) is 18.4. The summed E-state index contributed by atoms with van der Waals surface area (Å²) in [5, 5.41) is 9.52. The lowest BCUT2D eigenvalue weighted by molar-refractivity contribution is 0.0205. The Kier molecular flexibility index (Phi) is 9.96. The zero-order valence-corrected chi connectivity index (χ0v) is 18.4. The van der Waals surface area contributed by atoms with E-state index in [9.17, 15) is 4.79 Å². The molecule has 158 valence electrons. The van der Waals surface area contributed by atoms with Crippen molar-refractivity contribution in [2.45, 2.75) is 33.4 Å². The second-order valence-corrected chi connectivity index (χ2v) is 8.16. The van der Waals surface area contributed by atoms with Gasteiger partial charge in [0.05, 0.1) is 6.10 Å². The van der Waals surface area contributed by atoms with Crippen LogP contribution in [0.3, 0.4) is 0 Å². The predicted octanol–water partition coefficient (Wildman–Crippen LogP) is 1.70. The number of carbonyl (C=O) groups is 1. The summed E-state index contributed by atoms with van der Waals surface area (Å²) in [4.78, 5) is 18.6. The van der Waals surface area contributed by atoms with Gasteiger partial charge in [0.15, 0.2) is 5.96 Å². The van der Waals surface area contributed by atoms with Crippen molar-refractivity contribution in [3.8, 4) is 0 Å². The number of nitrogens with one attached hydrogen (secondary N) is 3. The molecule has 1 atom stereocenters. The molecule has 0 aliphatic carbocycles. The first-order valence-electron chi connectivity index (χ1n) is 9.66. The van der Waals surface area contributed by atoms with Crippen LogP contribution in [-0.4, -0.2) is 70.8 Å². The Hall–Kier alpha value is -2.12. The first kappa shape index (κ1) is 23.9. The molecular formula is C21H37N5O2. The van der Waals surface area contributed by atoms with E-state index in [0.717, 1.165) is 12.1 Å². The fraction of sp³-hybridized carbons (Fsp3) is 0.619. The van der Waals surface area contributed by atoms with Gasteiger partial charge in [0.25, 0.3) is 5.91 Å². The van der Waals surface area contributed by atoms with Gasteiger partial charge in [-0.05, 0) is 37.2 Å². The second kappa shape index (κ2) is 11.7. The van der Waals surface area contributed by atoms with Crippen molar-refractivity contribution in [2.75, 3.05) is 47.9 Å². The number of amides is 1. The Morgan fingerprint density at radius 3 is 2.50 bits per heavy atom. The molecule has 0 saturated heterocycles. The van der Waals surface area contributed by atoms with Crippen LogP contribution in [0.4, 0.5) is 0 Å². The summed E-state index contributed by atoms with van der Waals surface area (Å²) < 4.78 is 5.57. The third-order valence-corrected chi connectivity index (χ3v) is 4.42. The van der Waals surface area contributed by atoms with Crippen molar-refractivity contribution in [3.05, 3.63) is 35.4 Å². The molecule has 28 heavy (non-hydrogen) atoms. The number of ether oxygens (including phenoxy) is 1. The van der Waals surface area contributed by atoms with E-state index in [4.69, 9.17) is 4.74 Å². The quantitative estimate of drug-likeness (QED) is 0.441. The maximum Gasteiger partial charge on any atom is 0.251 e. The van der Waals surface area contributed by atoms with E-state index < -0.39 is 0 Å². The first-order valence-corrected chi connectivity index (χ1v) is 9.66. The average molecular weight is 392 g/mol. The Balaban J connectivity index is 2.57. The average Bonchev–Trinajstić information content (AvgIpc) is 2.63. The number of aliphatic imine (C=N–C) groups is 1. The van der Waals surface area contributed by atoms with Crippen LogP contribution < -0.4 is 16.0 Å². The van der Waals surface area contributed by atoms with Crippen LogP contribution >= 0.6 is 0 Å². The van der Waals surface area contributed by atoms with Crippen molar-refractivity contribution in [1.29, 1.82) is 0 Å². The van der Waals surface area contributed by atoms with Crippen molar-refractivity contribution in [1.82, 2.24) is 20.9 Å². The highest BCUT2D eigenvalue weighted by molar-refractivity contribution is 5.94. The van der Waals surface area contributed by atoms with Gasteiger partial charge in [-0.15, -0.1) is 0 Å². The lowest BCUT2D eigenvalue weighted by Gasteiger charge is -2.30. The molecule has 0 saturated carbocycles. The fourth-order valence-corrected chi connectivity index (χ4v) is 2.66. The van der Waals surface area contributed by atoms with E-state index in [1.165, 1.54) is 0 Å². The normalized spacial score (nSPS) is 13.4. The molecule has 0 aromatic heterocycles. The topological polar surface area (TPSA) is 78.0 Å². The Morgan fingerprint density at radius 2 is 1.93 bits per heavy atom. The van der Waals surface area contributed by atoms with Crippen molar-refractivity contribution >= 4 is 11.9 Å². The molecule has 1 aromatic rings. The minimum Gasteiger partial charge on any atom is -0.379 e. The highest BCUT2D eigenvalue weighted by atomic mass is 16.5. The molecule has 0 aliphatic heterocycles. The number of methoxy groups -OCH3 is 1. The summed E-state index contributed by atoms with van der Waals surface area (Å²) in [5.41, 5.74) is 1.71. The molecule has 1 amide bonds. The van der Waals surface area contributed by atoms with Crippen LogP contribution in [0.1, 0.15) is 36.7 Å². The van der Waals surface area contributed by atoms with Gasteiger partial charge >= 0.3 is 0 Å². The maximum atomic E-state index is 12.3. The summed E-state index contributed by atoms with van der Waals surface area (Å²) in [6.45, 7) is 9.11. The van der Waals surface area contributed by atoms with Gasteiger partial charge in [0, 0.05) is 45.9 Å². The molecule has 0 aliphatic rings. The molecule has 1 rings (SSSR count). The summed E-state index contributed by atoms with van der Waals surface area (Å²) in [6, 6.07) is 7.62. The first-order chi connectivity index (χ1) is 13.2. The molecule has 3 N–H and O–H groups in total. The summed E-state index contributed by atoms with van der Waals surface area (Å²) >= 11 is 0. The Labute approximate surface area is 169 Å². The predicted molar refractivity (Wildman–Crippen MR) is 116 cm³/mol. The summed E-state index contributed by atoms with van der Waals surface area (Å²) in [7, 11) is 7.43. The molecular weight excluding hydrogens is 354 g/mol. The van der Waals surface area contributed by atoms with E-state index in [1.807, 2.05) is 43.3 Å². The number of hydrogen-bond acceptors (Lipinski definition) is 4. The van der Waals surface area contributed by atoms with E-state index in [-0.39, 0.29) is 17.4 Å². The van der Waals surface area contributed by atoms with Crippen LogP contribution in [0.15, 0.2) is 29.3 Å². The third kappa shape index (κ3) is 8.71. The number of rotatable bonds is 9. The van der Waals surface area contributed by atoms with E-state index in [2.05, 4.69) is 41.7 Å². The molecule has 0 fully saturated rings. The molecule has 0 spiro atoms. The van der Waals surface area contributed by atoms with Crippen molar-refractivity contribution < 1.29 is 9.53 Å².